The van der Waals surface area contributed by atoms with E-state index in [0.717, 1.165) is 37.1 Å². The van der Waals surface area contributed by atoms with Gasteiger partial charge in [-0.1, -0.05) is 63.4 Å². The Hall–Kier alpha value is -2.27. The molecule has 1 aliphatic carbocycles. The van der Waals surface area contributed by atoms with Gasteiger partial charge in [-0.05, 0) is 18.4 Å². The Balaban J connectivity index is 1.81. The average molecular weight is 367 g/mol. The van der Waals surface area contributed by atoms with Gasteiger partial charge < -0.3 is 10.0 Å². The first-order valence-corrected chi connectivity index (χ1v) is 9.92. The van der Waals surface area contributed by atoms with Crippen molar-refractivity contribution in [1.82, 2.24) is 14.9 Å². The van der Waals surface area contributed by atoms with Crippen LogP contribution < -0.4 is 0 Å². The Morgan fingerprint density at radius 3 is 2.33 bits per heavy atom. The monoisotopic (exact) mass is 367 g/mol. The number of aromatic nitrogens is 2. The molecule has 1 saturated carbocycles. The number of carbonyl (C=O) groups excluding carboxylic acids is 1. The smallest absolute Gasteiger partial charge is 0.257 e. The lowest BCUT2D eigenvalue weighted by Gasteiger charge is -2.35. The second-order valence-electron chi connectivity index (χ2n) is 7.66. The zero-order valence-electron chi connectivity index (χ0n) is 16.2. The molecule has 0 unspecified atom stereocenters. The third-order valence-electron chi connectivity index (χ3n) is 5.27. The number of benzene rings is 1. The number of rotatable bonds is 6. The predicted molar refractivity (Wildman–Crippen MR) is 105 cm³/mol. The maximum absolute atomic E-state index is 13.2. The minimum atomic E-state index is -0.701. The summed E-state index contributed by atoms with van der Waals surface area (Å²) in [6.07, 6.45) is 7.97. The van der Waals surface area contributed by atoms with Gasteiger partial charge in [0.1, 0.15) is 5.82 Å². The minimum absolute atomic E-state index is 0.0906. The van der Waals surface area contributed by atoms with Crippen LogP contribution in [-0.2, 0) is 0 Å². The highest BCUT2D eigenvalue weighted by Gasteiger charge is 2.29. The molecular weight excluding hydrogens is 338 g/mol. The molecule has 2 aromatic rings. The number of carbonyl (C=O) groups is 1. The van der Waals surface area contributed by atoms with Crippen LogP contribution in [0.4, 0.5) is 0 Å². The fourth-order valence-electron chi connectivity index (χ4n) is 3.67. The Morgan fingerprint density at radius 1 is 1.11 bits per heavy atom. The Kier molecular flexibility index (Phi) is 6.56. The van der Waals surface area contributed by atoms with E-state index in [1.807, 2.05) is 49.1 Å². The molecule has 0 radical (unpaired) electrons. The molecular formula is C22H29N3O2. The van der Waals surface area contributed by atoms with E-state index >= 15 is 0 Å². The van der Waals surface area contributed by atoms with Gasteiger partial charge in [-0.15, -0.1) is 0 Å². The molecule has 1 atom stereocenters. The Bertz CT molecular complexity index is 725. The highest BCUT2D eigenvalue weighted by molar-refractivity contribution is 5.93. The summed E-state index contributed by atoms with van der Waals surface area (Å²) in [6, 6.07) is 9.69. The summed E-state index contributed by atoms with van der Waals surface area (Å²) in [4.78, 5) is 23.8. The van der Waals surface area contributed by atoms with Crippen LogP contribution in [0.25, 0.3) is 0 Å². The topological polar surface area (TPSA) is 66.3 Å². The van der Waals surface area contributed by atoms with Crippen molar-refractivity contribution in [3.05, 3.63) is 59.7 Å². The molecule has 0 saturated heterocycles. The standard InChI is InChI=1S/C22H29N3O2/c1-16(2)21-23-13-18(14-24-21)22(27)25(19-11-7-4-8-12-19)15-20(26)17-9-5-3-6-10-17/h3,5-6,9-10,13-14,16,19-20,26H,4,7-8,11-12,15H2,1-2H3/t20-/m1/s1. The number of hydrogen-bond acceptors (Lipinski definition) is 4. The molecule has 0 bridgehead atoms. The maximum Gasteiger partial charge on any atom is 0.257 e. The average Bonchev–Trinajstić information content (AvgIpc) is 2.72. The molecule has 1 aromatic heterocycles. The fraction of sp³-hybridized carbons (Fsp3) is 0.500. The van der Waals surface area contributed by atoms with Crippen LogP contribution in [0.2, 0.25) is 0 Å². The first-order valence-electron chi connectivity index (χ1n) is 9.92. The van der Waals surface area contributed by atoms with Gasteiger partial charge in [0.2, 0.25) is 0 Å². The van der Waals surface area contributed by atoms with Crippen LogP contribution in [0.5, 0.6) is 0 Å². The molecule has 1 fully saturated rings. The second-order valence-corrected chi connectivity index (χ2v) is 7.66. The number of nitrogens with zero attached hydrogens (tertiary/aromatic N) is 3. The summed E-state index contributed by atoms with van der Waals surface area (Å²) in [6.45, 7) is 4.35. The molecule has 3 rings (SSSR count). The van der Waals surface area contributed by atoms with Gasteiger partial charge in [-0.3, -0.25) is 4.79 Å². The molecule has 1 aromatic carbocycles. The van der Waals surface area contributed by atoms with E-state index in [1.165, 1.54) is 6.42 Å². The van der Waals surface area contributed by atoms with E-state index in [9.17, 15) is 9.90 Å². The van der Waals surface area contributed by atoms with Crippen LogP contribution in [0.1, 0.15) is 79.7 Å². The predicted octanol–water partition coefficient (Wildman–Crippen LogP) is 4.11. The third kappa shape index (κ3) is 4.92. The molecule has 0 aliphatic heterocycles. The van der Waals surface area contributed by atoms with Crippen molar-refractivity contribution < 1.29 is 9.90 Å². The van der Waals surface area contributed by atoms with Gasteiger partial charge in [0.05, 0.1) is 18.2 Å². The summed E-state index contributed by atoms with van der Waals surface area (Å²) < 4.78 is 0. The lowest BCUT2D eigenvalue weighted by molar-refractivity contribution is 0.0453. The van der Waals surface area contributed by atoms with Gasteiger partial charge in [-0.25, -0.2) is 9.97 Å². The summed E-state index contributed by atoms with van der Waals surface area (Å²) >= 11 is 0. The van der Waals surface area contributed by atoms with Crippen LogP contribution >= 0.6 is 0 Å². The van der Waals surface area contributed by atoms with Crippen molar-refractivity contribution in [3.8, 4) is 0 Å². The molecule has 5 nitrogen and oxygen atoms in total. The molecule has 1 heterocycles. The van der Waals surface area contributed by atoms with Crippen molar-refractivity contribution in [2.24, 2.45) is 0 Å². The van der Waals surface area contributed by atoms with E-state index in [2.05, 4.69) is 9.97 Å². The van der Waals surface area contributed by atoms with E-state index in [4.69, 9.17) is 0 Å². The number of aliphatic hydroxyl groups excluding tert-OH is 1. The molecule has 144 valence electrons. The van der Waals surface area contributed by atoms with Crippen molar-refractivity contribution in [1.29, 1.82) is 0 Å². The zero-order chi connectivity index (χ0) is 19.2. The van der Waals surface area contributed by atoms with Crippen LogP contribution in [0.15, 0.2) is 42.7 Å². The van der Waals surface area contributed by atoms with E-state index in [0.29, 0.717) is 12.1 Å². The van der Waals surface area contributed by atoms with Gasteiger partial charge in [0, 0.05) is 24.4 Å². The van der Waals surface area contributed by atoms with Gasteiger partial charge in [0.15, 0.2) is 0 Å². The van der Waals surface area contributed by atoms with E-state index in [-0.39, 0.29) is 17.9 Å². The van der Waals surface area contributed by atoms with Gasteiger partial charge >= 0.3 is 0 Å². The van der Waals surface area contributed by atoms with Gasteiger partial charge in [-0.2, -0.15) is 0 Å². The second kappa shape index (κ2) is 9.09. The number of amides is 1. The van der Waals surface area contributed by atoms with Crippen molar-refractivity contribution in [2.75, 3.05) is 6.54 Å². The molecule has 1 aliphatic rings. The quantitative estimate of drug-likeness (QED) is 0.834. The van der Waals surface area contributed by atoms with E-state index in [1.54, 1.807) is 12.4 Å². The summed E-state index contributed by atoms with van der Waals surface area (Å²) in [5.74, 6) is 0.871. The van der Waals surface area contributed by atoms with Gasteiger partial charge in [0.25, 0.3) is 5.91 Å². The highest BCUT2D eigenvalue weighted by atomic mass is 16.3. The fourth-order valence-corrected chi connectivity index (χ4v) is 3.67. The summed E-state index contributed by atoms with van der Waals surface area (Å²) in [5.41, 5.74) is 1.32. The van der Waals surface area contributed by atoms with Crippen molar-refractivity contribution >= 4 is 5.91 Å². The van der Waals surface area contributed by atoms with E-state index < -0.39 is 6.10 Å². The lowest BCUT2D eigenvalue weighted by Crippen LogP contribution is -2.44. The van der Waals surface area contributed by atoms with Crippen molar-refractivity contribution in [2.45, 2.75) is 64.0 Å². The Labute approximate surface area is 161 Å². The van der Waals surface area contributed by atoms with Crippen molar-refractivity contribution in [3.63, 3.8) is 0 Å². The van der Waals surface area contributed by atoms with Crippen LogP contribution in [0.3, 0.4) is 0 Å². The van der Waals surface area contributed by atoms with Crippen LogP contribution in [0, 0.1) is 0 Å². The summed E-state index contributed by atoms with van der Waals surface area (Å²) in [7, 11) is 0. The normalized spacial score (nSPS) is 16.3. The molecule has 0 spiro atoms. The maximum atomic E-state index is 13.2. The molecule has 1 N–H and O–H groups in total. The summed E-state index contributed by atoms with van der Waals surface area (Å²) in [5, 5.41) is 10.7. The third-order valence-corrected chi connectivity index (χ3v) is 5.27. The minimum Gasteiger partial charge on any atom is -0.387 e. The lowest BCUT2D eigenvalue weighted by atomic mass is 9.93. The number of hydrogen-bond donors (Lipinski definition) is 1. The van der Waals surface area contributed by atoms with Crippen LogP contribution in [-0.4, -0.2) is 38.5 Å². The Morgan fingerprint density at radius 2 is 1.74 bits per heavy atom. The first-order chi connectivity index (χ1) is 13.1. The molecule has 5 heteroatoms. The first kappa shape index (κ1) is 19.5. The molecule has 1 amide bonds. The SMILES string of the molecule is CC(C)c1ncc(C(=O)N(C[C@@H](O)c2ccccc2)C2CCCCC2)cn1. The highest BCUT2D eigenvalue weighted by Crippen LogP contribution is 2.26. The largest absolute Gasteiger partial charge is 0.387 e. The molecule has 27 heavy (non-hydrogen) atoms. The number of aliphatic hydroxyl groups is 1. The zero-order valence-corrected chi connectivity index (χ0v) is 16.2.